The lowest BCUT2D eigenvalue weighted by Crippen LogP contribution is -2.35. The van der Waals surface area contributed by atoms with E-state index in [1.807, 2.05) is 0 Å². The van der Waals surface area contributed by atoms with Crippen LogP contribution in [0.2, 0.25) is 0 Å². The van der Waals surface area contributed by atoms with E-state index in [2.05, 4.69) is 20.6 Å². The lowest BCUT2D eigenvalue weighted by atomic mass is 10.3. The molecule has 0 radical (unpaired) electrons. The van der Waals surface area contributed by atoms with Gasteiger partial charge in [-0.1, -0.05) is 0 Å². The van der Waals surface area contributed by atoms with Crippen molar-refractivity contribution in [3.8, 4) is 0 Å². The van der Waals surface area contributed by atoms with Crippen LogP contribution in [0.1, 0.15) is 0 Å². The van der Waals surface area contributed by atoms with Gasteiger partial charge in [0.2, 0.25) is 0 Å². The van der Waals surface area contributed by atoms with Crippen LogP contribution in [0.3, 0.4) is 0 Å². The molecule has 0 saturated carbocycles. The van der Waals surface area contributed by atoms with Crippen LogP contribution >= 0.6 is 0 Å². The molecule has 0 amide bonds. The molecular formula is C8H10F4N4. The van der Waals surface area contributed by atoms with Crippen molar-refractivity contribution in [3.05, 3.63) is 12.4 Å². The van der Waals surface area contributed by atoms with Crippen LogP contribution in [0.15, 0.2) is 12.4 Å². The first kappa shape index (κ1) is 12.5. The zero-order valence-corrected chi connectivity index (χ0v) is 8.35. The molecule has 2 N–H and O–H groups in total. The Balaban J connectivity index is 2.60. The second-order valence-corrected chi connectivity index (χ2v) is 2.95. The highest BCUT2D eigenvalue weighted by atomic mass is 19.3. The van der Waals surface area contributed by atoms with Gasteiger partial charge in [0, 0.05) is 13.1 Å². The van der Waals surface area contributed by atoms with E-state index in [1.165, 1.54) is 6.07 Å². The van der Waals surface area contributed by atoms with E-state index in [0.29, 0.717) is 5.82 Å². The molecule has 1 aromatic heterocycles. The Morgan fingerprint density at radius 2 is 1.94 bits per heavy atom. The fourth-order valence-electron chi connectivity index (χ4n) is 0.876. The molecule has 0 saturated heterocycles. The monoisotopic (exact) mass is 238 g/mol. The molecule has 1 rings (SSSR count). The minimum Gasteiger partial charge on any atom is -0.373 e. The number of aromatic nitrogens is 2. The minimum atomic E-state index is -4.08. The van der Waals surface area contributed by atoms with Crippen molar-refractivity contribution in [3.63, 3.8) is 0 Å². The van der Waals surface area contributed by atoms with Crippen molar-refractivity contribution in [1.82, 2.24) is 9.97 Å². The smallest absolute Gasteiger partial charge is 0.324 e. The number of hydrogen-bond acceptors (Lipinski definition) is 4. The van der Waals surface area contributed by atoms with Crippen molar-refractivity contribution < 1.29 is 17.6 Å². The predicted molar refractivity (Wildman–Crippen MR) is 51.0 cm³/mol. The van der Waals surface area contributed by atoms with Crippen molar-refractivity contribution in [1.29, 1.82) is 0 Å². The van der Waals surface area contributed by atoms with Gasteiger partial charge in [0.15, 0.2) is 0 Å². The highest BCUT2D eigenvalue weighted by Gasteiger charge is 2.40. The molecule has 0 spiro atoms. The zero-order chi connectivity index (χ0) is 12.2. The molecule has 0 aromatic carbocycles. The van der Waals surface area contributed by atoms with Gasteiger partial charge < -0.3 is 10.6 Å². The highest BCUT2D eigenvalue weighted by molar-refractivity contribution is 5.46. The van der Waals surface area contributed by atoms with Crippen molar-refractivity contribution in [2.45, 2.75) is 12.3 Å². The average molecular weight is 238 g/mol. The first-order valence-corrected chi connectivity index (χ1v) is 4.35. The van der Waals surface area contributed by atoms with Crippen LogP contribution in [0.25, 0.3) is 0 Å². The molecule has 4 nitrogen and oxygen atoms in total. The summed E-state index contributed by atoms with van der Waals surface area (Å²) in [5.41, 5.74) is 0. The number of alkyl halides is 4. The molecule has 1 aromatic rings. The van der Waals surface area contributed by atoms with E-state index in [4.69, 9.17) is 0 Å². The van der Waals surface area contributed by atoms with Crippen LogP contribution in [0.4, 0.5) is 29.2 Å². The predicted octanol–water partition coefficient (Wildman–Crippen LogP) is 1.83. The summed E-state index contributed by atoms with van der Waals surface area (Å²) in [5.74, 6) is -3.62. The Kier molecular flexibility index (Phi) is 3.86. The average Bonchev–Trinajstić information content (AvgIpc) is 2.26. The molecule has 0 atom stereocenters. The molecule has 1 heterocycles. The summed E-state index contributed by atoms with van der Waals surface area (Å²) in [5, 5.41) is 4.78. The van der Waals surface area contributed by atoms with E-state index in [-0.39, 0.29) is 5.82 Å². The first-order valence-electron chi connectivity index (χ1n) is 4.35. The maximum atomic E-state index is 12.5. The van der Waals surface area contributed by atoms with Gasteiger partial charge in [-0.3, -0.25) is 0 Å². The van der Waals surface area contributed by atoms with Crippen LogP contribution in [-0.4, -0.2) is 35.9 Å². The summed E-state index contributed by atoms with van der Waals surface area (Å²) in [6.07, 6.45) is -2.57. The lowest BCUT2D eigenvalue weighted by molar-refractivity contribution is -0.117. The SMILES string of the molecule is CNc1cc(NCC(F)(F)C(F)F)ncn1. The van der Waals surface area contributed by atoms with Crippen LogP contribution in [0, 0.1) is 0 Å². The van der Waals surface area contributed by atoms with Crippen molar-refractivity contribution >= 4 is 11.6 Å². The van der Waals surface area contributed by atoms with Crippen LogP contribution in [-0.2, 0) is 0 Å². The molecule has 0 bridgehead atoms. The number of anilines is 2. The normalized spacial score (nSPS) is 11.6. The molecule has 90 valence electrons. The van der Waals surface area contributed by atoms with Gasteiger partial charge in [-0.25, -0.2) is 18.7 Å². The number of hydrogen-bond donors (Lipinski definition) is 2. The third kappa shape index (κ3) is 3.21. The standard InChI is InChI=1S/C8H10F4N4/c1-13-5-2-6(16-4-15-5)14-3-8(11,12)7(9)10/h2,4,7H,3H2,1H3,(H2,13,14,15,16). The number of nitrogens with zero attached hydrogens (tertiary/aromatic N) is 2. The van der Waals surface area contributed by atoms with Gasteiger partial charge in [-0.05, 0) is 0 Å². The van der Waals surface area contributed by atoms with Crippen LogP contribution in [0.5, 0.6) is 0 Å². The van der Waals surface area contributed by atoms with Gasteiger partial charge in [-0.15, -0.1) is 0 Å². The second kappa shape index (κ2) is 4.95. The molecule has 8 heteroatoms. The van der Waals surface area contributed by atoms with E-state index >= 15 is 0 Å². The maximum Gasteiger partial charge on any atom is 0.324 e. The molecule has 16 heavy (non-hydrogen) atoms. The van der Waals surface area contributed by atoms with Gasteiger partial charge in [0.05, 0.1) is 6.54 Å². The van der Waals surface area contributed by atoms with E-state index < -0.39 is 18.9 Å². The van der Waals surface area contributed by atoms with Crippen molar-refractivity contribution in [2.24, 2.45) is 0 Å². The lowest BCUT2D eigenvalue weighted by Gasteiger charge is -2.16. The molecule has 0 aliphatic carbocycles. The summed E-state index contributed by atoms with van der Waals surface area (Å²) < 4.78 is 48.7. The van der Waals surface area contributed by atoms with Gasteiger partial charge in [-0.2, -0.15) is 8.78 Å². The van der Waals surface area contributed by atoms with E-state index in [9.17, 15) is 17.6 Å². The molecule has 0 aliphatic rings. The highest BCUT2D eigenvalue weighted by Crippen LogP contribution is 2.23. The molecule has 0 aliphatic heterocycles. The number of halogens is 4. The number of nitrogens with one attached hydrogen (secondary N) is 2. The fraction of sp³-hybridized carbons (Fsp3) is 0.500. The quantitative estimate of drug-likeness (QED) is 0.768. The first-order chi connectivity index (χ1) is 7.45. The van der Waals surface area contributed by atoms with Gasteiger partial charge >= 0.3 is 12.3 Å². The summed E-state index contributed by atoms with van der Waals surface area (Å²) in [6.45, 7) is -1.18. The Morgan fingerprint density at radius 3 is 2.50 bits per heavy atom. The maximum absolute atomic E-state index is 12.5. The summed E-state index contributed by atoms with van der Waals surface area (Å²) in [7, 11) is 1.58. The third-order valence-corrected chi connectivity index (χ3v) is 1.75. The third-order valence-electron chi connectivity index (χ3n) is 1.75. The Labute approximate surface area is 89.1 Å². The van der Waals surface area contributed by atoms with Crippen molar-refractivity contribution in [2.75, 3.05) is 24.2 Å². The summed E-state index contributed by atoms with van der Waals surface area (Å²) >= 11 is 0. The summed E-state index contributed by atoms with van der Waals surface area (Å²) in [4.78, 5) is 7.35. The second-order valence-electron chi connectivity index (χ2n) is 2.95. The summed E-state index contributed by atoms with van der Waals surface area (Å²) in [6, 6.07) is 1.33. The topological polar surface area (TPSA) is 49.8 Å². The Morgan fingerprint density at radius 1 is 1.31 bits per heavy atom. The largest absolute Gasteiger partial charge is 0.373 e. The Hall–Kier alpha value is -1.60. The van der Waals surface area contributed by atoms with Gasteiger partial charge in [0.25, 0.3) is 0 Å². The molecule has 0 unspecified atom stereocenters. The Bertz CT molecular complexity index is 345. The van der Waals surface area contributed by atoms with Crippen LogP contribution < -0.4 is 10.6 Å². The van der Waals surface area contributed by atoms with Gasteiger partial charge in [0.1, 0.15) is 18.0 Å². The molecule has 0 fully saturated rings. The molecular weight excluding hydrogens is 228 g/mol. The number of rotatable bonds is 5. The van der Waals surface area contributed by atoms with E-state index in [1.54, 1.807) is 7.05 Å². The van der Waals surface area contributed by atoms with E-state index in [0.717, 1.165) is 6.33 Å². The minimum absolute atomic E-state index is 0.0553. The fourth-order valence-corrected chi connectivity index (χ4v) is 0.876. The zero-order valence-electron chi connectivity index (χ0n) is 8.35.